The molecule has 75 heavy (non-hydrogen) atoms. The summed E-state index contributed by atoms with van der Waals surface area (Å²) in [4.78, 5) is 0. The fourth-order valence-corrected chi connectivity index (χ4v) is 28.3. The quantitative estimate of drug-likeness (QED) is 0.0205. The molecule has 0 fully saturated rings. The molecule has 4 N–H and O–H groups in total. The number of unbranched alkanes of at least 4 members (excludes halogenated alkanes) is 7. The zero-order valence-electron chi connectivity index (χ0n) is 53.4. The van der Waals surface area contributed by atoms with Crippen molar-refractivity contribution in [2.24, 2.45) is 0 Å². The van der Waals surface area contributed by atoms with Gasteiger partial charge in [-0.25, -0.2) is 0 Å². The Morgan fingerprint density at radius 1 is 0.320 bits per heavy atom. The van der Waals surface area contributed by atoms with Crippen molar-refractivity contribution in [2.45, 2.75) is 185 Å². The van der Waals surface area contributed by atoms with E-state index in [2.05, 4.69) is 137 Å². The zero-order chi connectivity index (χ0) is 57.7. The Bertz CT molecular complexity index is 1440. The maximum atomic E-state index is 10.9. The van der Waals surface area contributed by atoms with Gasteiger partial charge in [-0.2, -0.15) is 0 Å². The van der Waals surface area contributed by atoms with E-state index in [1.54, 1.807) is 0 Å². The van der Waals surface area contributed by atoms with Crippen molar-refractivity contribution in [3.8, 4) is 0 Å². The highest BCUT2D eigenvalue weighted by Gasteiger charge is 2.34. The molecule has 0 spiro atoms. The minimum atomic E-state index is -1.86. The van der Waals surface area contributed by atoms with Crippen molar-refractivity contribution in [2.75, 3.05) is 183 Å². The highest BCUT2D eigenvalue weighted by Crippen LogP contribution is 2.26. The van der Waals surface area contributed by atoms with Crippen LogP contribution in [0.2, 0.25) is 76.6 Å². The summed E-state index contributed by atoms with van der Waals surface area (Å²) in [6, 6.07) is 4.24. The van der Waals surface area contributed by atoms with E-state index in [4.69, 9.17) is 27.2 Å². The van der Waals surface area contributed by atoms with Crippen LogP contribution in [0.15, 0.2) is 0 Å². The Balaban J connectivity index is 4.20. The second-order valence-electron chi connectivity index (χ2n) is 29.4. The number of aliphatic hydroxyl groups is 4. The van der Waals surface area contributed by atoms with Crippen molar-refractivity contribution in [1.29, 1.82) is 0 Å². The molecule has 0 aromatic rings. The van der Waals surface area contributed by atoms with Crippen LogP contribution in [0.4, 0.5) is 0 Å². The summed E-state index contributed by atoms with van der Waals surface area (Å²) < 4.78 is 41.3. The lowest BCUT2D eigenvalue weighted by molar-refractivity contribution is -0.894. The molecule has 0 amide bonds. The van der Waals surface area contributed by atoms with Crippen molar-refractivity contribution in [3.63, 3.8) is 0 Å². The van der Waals surface area contributed by atoms with Gasteiger partial charge < -0.3 is 70.0 Å². The van der Waals surface area contributed by atoms with Crippen LogP contribution < -0.4 is 0 Å². The molecule has 0 aromatic heterocycles. The summed E-state index contributed by atoms with van der Waals surface area (Å²) in [5.41, 5.74) is 0. The van der Waals surface area contributed by atoms with Crippen LogP contribution in [-0.4, -0.2) is 284 Å². The summed E-state index contributed by atoms with van der Waals surface area (Å²) in [5.74, 6) is 0. The Kier molecular flexibility index (Phi) is 36.8. The maximum Gasteiger partial charge on any atom is 0.205 e. The molecule has 0 saturated carbocycles. The summed E-state index contributed by atoms with van der Waals surface area (Å²) in [5, 5.41) is 42.5. The van der Waals surface area contributed by atoms with Crippen LogP contribution >= 0.6 is 0 Å². The van der Waals surface area contributed by atoms with Gasteiger partial charge >= 0.3 is 0 Å². The number of hydrogen-bond acceptors (Lipinski definition) is 10. The van der Waals surface area contributed by atoms with E-state index in [0.29, 0.717) is 70.4 Å². The van der Waals surface area contributed by atoms with E-state index in [1.807, 2.05) is 0 Å². The third-order valence-electron chi connectivity index (χ3n) is 14.2. The molecule has 0 heterocycles. The molecular formula is C56H132N5O10Si4+5. The van der Waals surface area contributed by atoms with Gasteiger partial charge in [0.2, 0.25) is 6.29 Å². The highest BCUT2D eigenvalue weighted by molar-refractivity contribution is 6.85. The van der Waals surface area contributed by atoms with Gasteiger partial charge in [0, 0.05) is 26.4 Å². The molecule has 0 aliphatic heterocycles. The van der Waals surface area contributed by atoms with E-state index in [-0.39, 0.29) is 0 Å². The van der Waals surface area contributed by atoms with E-state index >= 15 is 0 Å². The second-order valence-corrected chi connectivity index (χ2v) is 47.1. The molecule has 15 nitrogen and oxygen atoms in total. The fourth-order valence-electron chi connectivity index (χ4n) is 10.6. The molecule has 0 bridgehead atoms. The van der Waals surface area contributed by atoms with Gasteiger partial charge in [-0.3, -0.25) is 0 Å². The minimum Gasteiger partial charge on any atom is -0.455 e. The predicted molar refractivity (Wildman–Crippen MR) is 325 cm³/mol. The Morgan fingerprint density at radius 2 is 0.613 bits per heavy atom. The number of ether oxygens (including phenoxy) is 4. The summed E-state index contributed by atoms with van der Waals surface area (Å²) in [6.45, 7) is 29.3. The molecule has 0 radical (unpaired) electrons. The molecule has 19 heteroatoms. The molecule has 0 saturated heterocycles. The lowest BCUT2D eigenvalue weighted by atomic mass is 10.1. The standard InChI is InChI=1S/C56H132N5O10Si4/c1-57(2,3)34-25-21-22-26-35-59(7,8)46-53(62)50-67-39-32-44-74(17,18)71-75(19,20)45-33-40-68-52-55(64)48-61(11,12)37-28-24-23-27-36-60(9,10)47-54(63)51-66-38-31-43-73(15,16)70-72(13,14)42-30-29-41-69-56(65)49-58(4,5)6/h53-56,62-65H,21-52H2,1-20H3/q+5. The van der Waals surface area contributed by atoms with E-state index in [0.717, 1.165) is 126 Å². The van der Waals surface area contributed by atoms with Crippen LogP contribution in [0.5, 0.6) is 0 Å². The van der Waals surface area contributed by atoms with Gasteiger partial charge in [0.25, 0.3) is 0 Å². The Morgan fingerprint density at radius 3 is 0.907 bits per heavy atom. The monoisotopic (exact) mass is 1150 g/mol. The molecule has 0 rings (SSSR count). The molecular weight excluding hydrogens is 1010 g/mol. The van der Waals surface area contributed by atoms with E-state index < -0.39 is 57.9 Å². The number of likely N-dealkylation sites (N-methyl/N-ethyl adjacent to an activating group) is 4. The van der Waals surface area contributed by atoms with Gasteiger partial charge in [-0.05, 0) is 154 Å². The van der Waals surface area contributed by atoms with Crippen molar-refractivity contribution in [3.05, 3.63) is 0 Å². The summed E-state index contributed by atoms with van der Waals surface area (Å²) >= 11 is 0. The SMILES string of the molecule is C[N+](C)(C)CCCCCC[N+](C)(C)CC(O)COCCC[Si](C)(C)O[Si](C)(C)CCCOCC(O)C[N+](C)(C)CCCCCC[N+](C)(C)CC(O)COCCC[Si](C)(C)O[Si](C)(C)CCCCOC(O)C[N+](C)(C)C. The van der Waals surface area contributed by atoms with Crippen molar-refractivity contribution >= 4 is 33.3 Å². The molecule has 0 aliphatic carbocycles. The summed E-state index contributed by atoms with van der Waals surface area (Å²) in [7, 11) is 18.9. The van der Waals surface area contributed by atoms with E-state index in [9.17, 15) is 20.4 Å². The van der Waals surface area contributed by atoms with Crippen molar-refractivity contribution < 1.29 is 70.0 Å². The maximum absolute atomic E-state index is 10.9. The zero-order valence-corrected chi connectivity index (χ0v) is 57.4. The van der Waals surface area contributed by atoms with E-state index in [1.165, 1.54) is 32.2 Å². The Hall–Kier alpha value is 0.268. The first kappa shape index (κ1) is 75.3. The van der Waals surface area contributed by atoms with Crippen LogP contribution in [0.25, 0.3) is 0 Å². The number of rotatable bonds is 50. The predicted octanol–water partition coefficient (Wildman–Crippen LogP) is 8.02. The Labute approximate surface area is 469 Å². The number of nitrogens with zero attached hydrogens (tertiary/aromatic N) is 5. The van der Waals surface area contributed by atoms with Crippen molar-refractivity contribution in [1.82, 2.24) is 0 Å². The normalized spacial score (nSPS) is 15.7. The molecule has 4 atom stereocenters. The van der Waals surface area contributed by atoms with Crippen LogP contribution in [-0.2, 0) is 27.2 Å². The third kappa shape index (κ3) is 47.6. The first-order chi connectivity index (χ1) is 34.2. The van der Waals surface area contributed by atoms with Gasteiger partial charge in [-0.15, -0.1) is 0 Å². The van der Waals surface area contributed by atoms with Crippen LogP contribution in [0.3, 0.4) is 0 Å². The highest BCUT2D eigenvalue weighted by atomic mass is 28.4. The molecule has 0 aliphatic rings. The van der Waals surface area contributed by atoms with Gasteiger partial charge in [0.1, 0.15) is 44.5 Å². The lowest BCUT2D eigenvalue weighted by Crippen LogP contribution is -2.47. The number of quaternary nitrogens is 5. The van der Waals surface area contributed by atoms with Gasteiger partial charge in [0.15, 0.2) is 33.3 Å². The smallest absolute Gasteiger partial charge is 0.205 e. The minimum absolute atomic E-state index is 0.371. The average molecular weight is 1150 g/mol. The molecule has 4 unspecified atom stereocenters. The molecule has 0 aromatic carbocycles. The number of aliphatic hydroxyl groups excluding tert-OH is 4. The van der Waals surface area contributed by atoms with Crippen LogP contribution in [0.1, 0.15) is 83.5 Å². The fraction of sp³-hybridized carbons (Fsp3) is 1.00. The number of hydrogen-bond donors (Lipinski definition) is 4. The van der Waals surface area contributed by atoms with Crippen LogP contribution in [0, 0.1) is 0 Å². The summed E-state index contributed by atoms with van der Waals surface area (Å²) in [6.07, 6.45) is 12.3. The first-order valence-corrected chi connectivity index (χ1v) is 42.2. The second kappa shape index (κ2) is 36.7. The van der Waals surface area contributed by atoms with Gasteiger partial charge in [-0.1, -0.05) is 6.42 Å². The average Bonchev–Trinajstić information content (AvgIpc) is 3.20. The first-order valence-electron chi connectivity index (χ1n) is 29.8. The van der Waals surface area contributed by atoms with Gasteiger partial charge in [0.05, 0.1) is 131 Å². The lowest BCUT2D eigenvalue weighted by Gasteiger charge is -2.34. The molecule has 452 valence electrons. The third-order valence-corrected chi connectivity index (χ3v) is 29.2. The topological polar surface area (TPSA) is 136 Å². The largest absolute Gasteiger partial charge is 0.455 e.